The number of nitrogens with zero attached hydrogens (tertiary/aromatic N) is 2. The van der Waals surface area contributed by atoms with Crippen LogP contribution in [0.3, 0.4) is 0 Å². The van der Waals surface area contributed by atoms with Gasteiger partial charge in [0.1, 0.15) is 11.9 Å². The zero-order valence-electron chi connectivity index (χ0n) is 14.5. The Hall–Kier alpha value is -2.66. The summed E-state index contributed by atoms with van der Waals surface area (Å²) in [6.07, 6.45) is 0. The molecule has 0 spiro atoms. The molecule has 0 saturated heterocycles. The number of aromatic nitrogens is 1. The molecule has 0 atom stereocenters. The second kappa shape index (κ2) is 7.92. The van der Waals surface area contributed by atoms with Gasteiger partial charge in [-0.15, -0.1) is 0 Å². The predicted octanol–water partition coefficient (Wildman–Crippen LogP) is 3.46. The molecule has 0 aliphatic rings. The van der Waals surface area contributed by atoms with Gasteiger partial charge in [0, 0.05) is 23.5 Å². The zero-order chi connectivity index (χ0) is 19.4. The Balaban J connectivity index is 1.70. The van der Waals surface area contributed by atoms with E-state index in [1.54, 1.807) is 18.2 Å². The highest BCUT2D eigenvalue weighted by Gasteiger charge is 2.14. The van der Waals surface area contributed by atoms with E-state index >= 15 is 0 Å². The van der Waals surface area contributed by atoms with Crippen molar-refractivity contribution in [2.75, 3.05) is 18.4 Å². The third-order valence-corrected chi connectivity index (χ3v) is 5.68. The van der Waals surface area contributed by atoms with Crippen molar-refractivity contribution in [3.05, 3.63) is 64.7 Å². The van der Waals surface area contributed by atoms with Crippen molar-refractivity contribution in [2.45, 2.75) is 11.8 Å². The van der Waals surface area contributed by atoms with Crippen molar-refractivity contribution in [3.8, 4) is 6.07 Å². The van der Waals surface area contributed by atoms with Gasteiger partial charge in [-0.05, 0) is 36.8 Å². The maximum Gasteiger partial charge on any atom is 0.240 e. The van der Waals surface area contributed by atoms with Crippen molar-refractivity contribution >= 4 is 38.3 Å². The van der Waals surface area contributed by atoms with Crippen molar-refractivity contribution in [1.29, 1.82) is 5.26 Å². The first-order valence-corrected chi connectivity index (χ1v) is 10.1. The molecule has 1 aromatic heterocycles. The number of hydrogen-bond donors (Lipinski definition) is 2. The van der Waals surface area contributed by atoms with E-state index in [0.717, 1.165) is 16.5 Å². The lowest BCUT2D eigenvalue weighted by Gasteiger charge is -2.11. The number of fused-ring (bicyclic) bond motifs is 1. The number of sulfonamides is 1. The van der Waals surface area contributed by atoms with Crippen LogP contribution in [0.25, 0.3) is 10.9 Å². The second-order valence-corrected chi connectivity index (χ2v) is 8.13. The molecule has 2 N–H and O–H groups in total. The molecule has 0 unspecified atom stereocenters. The number of hydrogen-bond acceptors (Lipinski definition) is 5. The molecule has 6 nitrogen and oxygen atoms in total. The first-order valence-electron chi connectivity index (χ1n) is 8.20. The van der Waals surface area contributed by atoms with E-state index in [0.29, 0.717) is 16.4 Å². The van der Waals surface area contributed by atoms with Gasteiger partial charge in [-0.1, -0.05) is 35.9 Å². The van der Waals surface area contributed by atoms with Crippen molar-refractivity contribution in [2.24, 2.45) is 0 Å². The Labute approximate surface area is 162 Å². The van der Waals surface area contributed by atoms with Crippen LogP contribution < -0.4 is 10.0 Å². The van der Waals surface area contributed by atoms with Gasteiger partial charge in [0.15, 0.2) is 0 Å². The summed E-state index contributed by atoms with van der Waals surface area (Å²) in [7, 11) is -3.65. The molecule has 8 heteroatoms. The molecule has 0 fully saturated rings. The molecular weight excluding hydrogens is 384 g/mol. The quantitative estimate of drug-likeness (QED) is 0.618. The van der Waals surface area contributed by atoms with Gasteiger partial charge in [-0.2, -0.15) is 5.26 Å². The molecule has 3 aromatic rings. The van der Waals surface area contributed by atoms with Crippen molar-refractivity contribution < 1.29 is 8.42 Å². The summed E-state index contributed by atoms with van der Waals surface area (Å²) in [6, 6.07) is 15.7. The molecule has 0 aliphatic carbocycles. The molecule has 138 valence electrons. The van der Waals surface area contributed by atoms with Crippen LogP contribution in [0, 0.1) is 18.3 Å². The topological polar surface area (TPSA) is 94.9 Å². The number of para-hydroxylation sites is 1. The normalized spacial score (nSPS) is 11.3. The van der Waals surface area contributed by atoms with Gasteiger partial charge in [0.2, 0.25) is 10.0 Å². The zero-order valence-corrected chi connectivity index (χ0v) is 16.1. The van der Waals surface area contributed by atoms with E-state index in [9.17, 15) is 13.7 Å². The summed E-state index contributed by atoms with van der Waals surface area (Å²) in [6.45, 7) is 2.36. The largest absolute Gasteiger partial charge is 0.368 e. The van der Waals surface area contributed by atoms with Gasteiger partial charge >= 0.3 is 0 Å². The Bertz CT molecular complexity index is 1140. The Kier molecular flexibility index (Phi) is 5.61. The van der Waals surface area contributed by atoms with E-state index in [4.69, 9.17) is 11.6 Å². The van der Waals surface area contributed by atoms with Crippen LogP contribution in [0.15, 0.2) is 53.4 Å². The third kappa shape index (κ3) is 4.37. The lowest BCUT2D eigenvalue weighted by atomic mass is 10.1. The third-order valence-electron chi connectivity index (χ3n) is 3.98. The Morgan fingerprint density at radius 1 is 1.15 bits per heavy atom. The van der Waals surface area contributed by atoms with Crippen molar-refractivity contribution in [3.63, 3.8) is 0 Å². The number of nitrogens with one attached hydrogen (secondary N) is 2. The van der Waals surface area contributed by atoms with Crippen LogP contribution in [-0.4, -0.2) is 26.5 Å². The SMILES string of the molecule is Cc1cccc2cc(C#N)c(NCCNS(=O)(=O)c3cccc(Cl)c3)nc12. The maximum atomic E-state index is 12.3. The van der Waals surface area contributed by atoms with E-state index in [2.05, 4.69) is 21.1 Å². The predicted molar refractivity (Wildman–Crippen MR) is 106 cm³/mol. The molecule has 0 radical (unpaired) electrons. The van der Waals surface area contributed by atoms with Crippen LogP contribution in [0.2, 0.25) is 5.02 Å². The van der Waals surface area contributed by atoms with E-state index in [-0.39, 0.29) is 18.0 Å². The number of rotatable bonds is 6. The summed E-state index contributed by atoms with van der Waals surface area (Å²) >= 11 is 5.84. The van der Waals surface area contributed by atoms with Gasteiger partial charge in [-0.3, -0.25) is 0 Å². The molecule has 1 heterocycles. The minimum Gasteiger partial charge on any atom is -0.368 e. The lowest BCUT2D eigenvalue weighted by molar-refractivity contribution is 0.583. The first-order chi connectivity index (χ1) is 12.9. The van der Waals surface area contributed by atoms with Crippen LogP contribution in [-0.2, 0) is 10.0 Å². The van der Waals surface area contributed by atoms with Crippen LogP contribution in [0.1, 0.15) is 11.1 Å². The minimum absolute atomic E-state index is 0.104. The smallest absolute Gasteiger partial charge is 0.240 e. The average Bonchev–Trinajstić information content (AvgIpc) is 2.65. The molecular formula is C19H17ClN4O2S. The molecule has 0 bridgehead atoms. The minimum atomic E-state index is -3.65. The van der Waals surface area contributed by atoms with E-state index in [1.165, 1.54) is 12.1 Å². The number of aryl methyl sites for hydroxylation is 1. The Morgan fingerprint density at radius 2 is 1.93 bits per heavy atom. The number of nitriles is 1. The summed E-state index contributed by atoms with van der Waals surface area (Å²) in [5.41, 5.74) is 2.21. The highest BCUT2D eigenvalue weighted by atomic mass is 35.5. The molecule has 3 rings (SSSR count). The molecule has 0 amide bonds. The number of pyridine rings is 1. The van der Waals surface area contributed by atoms with Crippen LogP contribution in [0.5, 0.6) is 0 Å². The lowest BCUT2D eigenvalue weighted by Crippen LogP contribution is -2.29. The van der Waals surface area contributed by atoms with Gasteiger partial charge in [0.05, 0.1) is 16.0 Å². The summed E-state index contributed by atoms with van der Waals surface area (Å²) in [5, 5.41) is 13.6. The molecule has 0 saturated carbocycles. The van der Waals surface area contributed by atoms with Crippen LogP contribution in [0.4, 0.5) is 5.82 Å². The van der Waals surface area contributed by atoms with Crippen LogP contribution >= 0.6 is 11.6 Å². The highest BCUT2D eigenvalue weighted by Crippen LogP contribution is 2.22. The van der Waals surface area contributed by atoms with Gasteiger partial charge < -0.3 is 5.32 Å². The summed E-state index contributed by atoms with van der Waals surface area (Å²) in [5.74, 6) is 0.432. The van der Waals surface area contributed by atoms with Gasteiger partial charge in [-0.25, -0.2) is 18.1 Å². The number of anilines is 1. The maximum absolute atomic E-state index is 12.3. The fourth-order valence-corrected chi connectivity index (χ4v) is 3.98. The van der Waals surface area contributed by atoms with E-state index in [1.807, 2.05) is 25.1 Å². The monoisotopic (exact) mass is 400 g/mol. The Morgan fingerprint density at radius 3 is 2.67 bits per heavy atom. The number of halogens is 1. The fraction of sp³-hybridized carbons (Fsp3) is 0.158. The van der Waals surface area contributed by atoms with Gasteiger partial charge in [0.25, 0.3) is 0 Å². The van der Waals surface area contributed by atoms with E-state index < -0.39 is 10.0 Å². The standard InChI is InChI=1S/C19H17ClN4O2S/c1-13-4-2-5-14-10-15(12-21)19(24-18(13)14)22-8-9-23-27(25,26)17-7-3-6-16(20)11-17/h2-7,10-11,23H,8-9H2,1H3,(H,22,24). The molecule has 0 aliphatic heterocycles. The summed E-state index contributed by atoms with van der Waals surface area (Å²) < 4.78 is 27.0. The number of benzene rings is 2. The second-order valence-electron chi connectivity index (χ2n) is 5.92. The fourth-order valence-electron chi connectivity index (χ4n) is 2.65. The summed E-state index contributed by atoms with van der Waals surface area (Å²) in [4.78, 5) is 4.62. The molecule has 27 heavy (non-hydrogen) atoms. The molecule has 2 aromatic carbocycles. The van der Waals surface area contributed by atoms with Crippen molar-refractivity contribution in [1.82, 2.24) is 9.71 Å². The average molecular weight is 401 g/mol. The first kappa shape index (κ1) is 19.1. The highest BCUT2D eigenvalue weighted by molar-refractivity contribution is 7.89.